The van der Waals surface area contributed by atoms with Gasteiger partial charge in [-0.25, -0.2) is 0 Å². The minimum absolute atomic E-state index is 0.690. The zero-order valence-electron chi connectivity index (χ0n) is 8.69. The van der Waals surface area contributed by atoms with Gasteiger partial charge in [-0.1, -0.05) is 6.92 Å². The molecule has 0 atom stereocenters. The zero-order chi connectivity index (χ0) is 9.44. The van der Waals surface area contributed by atoms with E-state index < -0.39 is 0 Å². The van der Waals surface area contributed by atoms with Crippen molar-refractivity contribution in [1.29, 1.82) is 0 Å². The van der Waals surface area contributed by atoms with Crippen molar-refractivity contribution in [2.24, 2.45) is 0 Å². The Hall–Kier alpha value is 0.847. The summed E-state index contributed by atoms with van der Waals surface area (Å²) in [7, 11) is 4.64. The molecule has 0 aromatic rings. The summed E-state index contributed by atoms with van der Waals surface area (Å²) in [5.74, 6) is 0. The molecule has 0 radical (unpaired) electrons. The monoisotopic (exact) mass is 171 g/mol. The Balaban J connectivity index is 0. The molecule has 0 fully saturated rings. The van der Waals surface area contributed by atoms with Crippen LogP contribution in [-0.2, 0) is 0 Å². The standard InChI is InChI=1S/C8H19N.ClH.Li/c1-6-9(7(2)3)8(4)5;;/h7-8H,6H2,1-5H3;1H;/q;;+1/p-1. The van der Waals surface area contributed by atoms with Crippen LogP contribution in [0.4, 0.5) is 0 Å². The van der Waals surface area contributed by atoms with E-state index in [0.717, 1.165) is 6.54 Å². The van der Waals surface area contributed by atoms with Crippen molar-refractivity contribution in [3.8, 4) is 0 Å². The van der Waals surface area contributed by atoms with Crippen LogP contribution in [0.25, 0.3) is 0 Å². The Labute approximate surface area is 84.8 Å². The Bertz CT molecular complexity index is 68.5. The van der Waals surface area contributed by atoms with Crippen LogP contribution in [0.5, 0.6) is 0 Å². The molecule has 0 heterocycles. The Morgan fingerprint density at radius 1 is 1.09 bits per heavy atom. The summed E-state index contributed by atoms with van der Waals surface area (Å²) < 4.78 is 0. The van der Waals surface area contributed by atoms with E-state index in [2.05, 4.69) is 49.3 Å². The summed E-state index contributed by atoms with van der Waals surface area (Å²) in [5.41, 5.74) is 0. The summed E-state index contributed by atoms with van der Waals surface area (Å²) in [6, 6.07) is 1.38. The number of hydrogen-bond donors (Lipinski definition) is 0. The summed E-state index contributed by atoms with van der Waals surface area (Å²) in [4.78, 5) is 2.46. The molecular weight excluding hydrogens is 152 g/mol. The molecule has 0 unspecified atom stereocenters. The number of hydrogen-bond acceptors (Lipinski definition) is 1. The number of rotatable bonds is 3. The third-order valence-corrected chi connectivity index (χ3v) is 1.69. The van der Waals surface area contributed by atoms with Crippen LogP contribution >= 0.6 is 9.80 Å². The van der Waals surface area contributed by atoms with Crippen molar-refractivity contribution in [3.05, 3.63) is 0 Å². The van der Waals surface area contributed by atoms with Crippen LogP contribution in [0.3, 0.4) is 0 Å². The number of halogens is 1. The van der Waals surface area contributed by atoms with E-state index in [1.807, 2.05) is 0 Å². The van der Waals surface area contributed by atoms with E-state index in [9.17, 15) is 0 Å². The van der Waals surface area contributed by atoms with Crippen LogP contribution in [0.1, 0.15) is 34.6 Å². The number of nitrogens with zero attached hydrogens (tertiary/aromatic N) is 1. The van der Waals surface area contributed by atoms with Gasteiger partial charge in [0.2, 0.25) is 0 Å². The fourth-order valence-corrected chi connectivity index (χ4v) is 1.33. The van der Waals surface area contributed by atoms with Gasteiger partial charge in [-0.2, -0.15) is 0 Å². The maximum absolute atomic E-state index is 4.64. The average Bonchev–Trinajstić information content (AvgIpc) is 1.91. The second-order valence-electron chi connectivity index (χ2n) is 3.02. The van der Waals surface area contributed by atoms with Gasteiger partial charge in [0.1, 0.15) is 0 Å². The predicted molar refractivity (Wildman–Crippen MR) is 54.3 cm³/mol. The van der Waals surface area contributed by atoms with Gasteiger partial charge in [0.25, 0.3) is 0 Å². The Kier molecular flexibility index (Phi) is 11.7. The summed E-state index contributed by atoms with van der Waals surface area (Å²) in [6.45, 7) is 12.3. The minimum atomic E-state index is 0.690. The molecule has 0 saturated carbocycles. The molecule has 0 rings (SSSR count). The third-order valence-electron chi connectivity index (χ3n) is 1.69. The average molecular weight is 172 g/mol. The molecule has 1 nitrogen and oxygen atoms in total. The van der Waals surface area contributed by atoms with Crippen molar-refractivity contribution in [2.75, 3.05) is 6.54 Å². The van der Waals surface area contributed by atoms with Crippen LogP contribution in [-0.4, -0.2) is 40.3 Å². The van der Waals surface area contributed by atoms with Crippen molar-refractivity contribution in [3.63, 3.8) is 0 Å². The molecule has 3 heteroatoms. The van der Waals surface area contributed by atoms with E-state index in [-0.39, 0.29) is 0 Å². The zero-order valence-corrected chi connectivity index (χ0v) is 9.44. The molecule has 0 aromatic heterocycles. The molecule has 64 valence electrons. The maximum atomic E-state index is 4.64. The van der Waals surface area contributed by atoms with Gasteiger partial charge in [-0.15, -0.1) is 0 Å². The first kappa shape index (κ1) is 14.4. The first-order valence-corrected chi connectivity index (χ1v) is 4.98. The van der Waals surface area contributed by atoms with E-state index in [4.69, 9.17) is 0 Å². The van der Waals surface area contributed by atoms with Gasteiger partial charge in [0.05, 0.1) is 0 Å². The van der Waals surface area contributed by atoms with Gasteiger partial charge < -0.3 is 0 Å². The van der Waals surface area contributed by atoms with Crippen molar-refractivity contribution >= 4 is 26.5 Å². The second-order valence-corrected chi connectivity index (χ2v) is 3.02. The van der Waals surface area contributed by atoms with E-state index in [0.29, 0.717) is 12.1 Å². The third kappa shape index (κ3) is 7.22. The molecule has 0 amide bonds. The van der Waals surface area contributed by atoms with Gasteiger partial charge >= 0.3 is 26.5 Å². The Morgan fingerprint density at radius 2 is 1.36 bits per heavy atom. The molecule has 0 bridgehead atoms. The van der Waals surface area contributed by atoms with Gasteiger partial charge in [0.15, 0.2) is 0 Å². The van der Waals surface area contributed by atoms with Crippen LogP contribution in [0.2, 0.25) is 0 Å². The van der Waals surface area contributed by atoms with Crippen molar-refractivity contribution < 1.29 is 0 Å². The fraction of sp³-hybridized carbons (Fsp3) is 1.00. The van der Waals surface area contributed by atoms with E-state index >= 15 is 0 Å². The Morgan fingerprint density at radius 3 is 1.36 bits per heavy atom. The quantitative estimate of drug-likeness (QED) is 0.590. The normalized spacial score (nSPS) is 10.5. The van der Waals surface area contributed by atoms with E-state index in [1.165, 1.54) is 16.7 Å². The molecule has 0 N–H and O–H groups in total. The molecule has 0 aromatic carbocycles. The molecule has 0 aliphatic heterocycles. The van der Waals surface area contributed by atoms with Gasteiger partial charge in [-0.05, 0) is 34.2 Å². The topological polar surface area (TPSA) is 3.24 Å². The summed E-state index contributed by atoms with van der Waals surface area (Å²) in [6.07, 6.45) is 0. The molecule has 0 saturated heterocycles. The van der Waals surface area contributed by atoms with Crippen molar-refractivity contribution in [1.82, 2.24) is 4.90 Å². The molecule has 11 heavy (non-hydrogen) atoms. The predicted octanol–water partition coefficient (Wildman–Crippen LogP) is 2.43. The molecule has 0 aliphatic rings. The van der Waals surface area contributed by atoms with Crippen LogP contribution in [0.15, 0.2) is 0 Å². The molecular formula is C8H19ClLiN. The van der Waals surface area contributed by atoms with Crippen LogP contribution in [0, 0.1) is 0 Å². The molecule has 0 aliphatic carbocycles. The first-order chi connectivity index (χ1) is 5.09. The summed E-state index contributed by atoms with van der Waals surface area (Å²) in [5, 5.41) is 0. The SMILES string of the molecule is CCN(C(C)C)C(C)C.[Li][Cl]. The van der Waals surface area contributed by atoms with Gasteiger partial charge in [0, 0.05) is 12.1 Å². The van der Waals surface area contributed by atoms with E-state index in [1.54, 1.807) is 0 Å². The van der Waals surface area contributed by atoms with Crippen LogP contribution < -0.4 is 0 Å². The second kappa shape index (κ2) is 8.94. The molecule has 0 spiro atoms. The first-order valence-electron chi connectivity index (χ1n) is 4.23. The van der Waals surface area contributed by atoms with Gasteiger partial charge in [-0.3, -0.25) is 4.90 Å². The van der Waals surface area contributed by atoms with Crippen molar-refractivity contribution in [2.45, 2.75) is 46.7 Å². The summed E-state index contributed by atoms with van der Waals surface area (Å²) >= 11 is 1.47. The fourth-order valence-electron chi connectivity index (χ4n) is 1.33.